The number of hydrogen-bond acceptors (Lipinski definition) is 5. The molecule has 0 radical (unpaired) electrons. The minimum Gasteiger partial charge on any atom is -0.475 e. The molecule has 0 unspecified atom stereocenters. The number of ether oxygens (including phenoxy) is 2. The fourth-order valence-corrected chi connectivity index (χ4v) is 4.09. The van der Waals surface area contributed by atoms with Gasteiger partial charge in [0.15, 0.2) is 0 Å². The van der Waals surface area contributed by atoms with Gasteiger partial charge in [0.2, 0.25) is 5.91 Å². The zero-order valence-electron chi connectivity index (χ0n) is 17.1. The molecule has 10 heteroatoms. The van der Waals surface area contributed by atoms with Gasteiger partial charge in [-0.25, -0.2) is 4.79 Å². The zero-order chi connectivity index (χ0) is 22.4. The molecular formula is C21H27F3N2O5. The minimum absolute atomic E-state index is 0.249. The lowest BCUT2D eigenvalue weighted by molar-refractivity contribution is -0.192. The highest BCUT2D eigenvalue weighted by Gasteiger charge is 2.46. The van der Waals surface area contributed by atoms with Crippen LogP contribution in [0.4, 0.5) is 13.2 Å². The van der Waals surface area contributed by atoms with Crippen LogP contribution in [-0.4, -0.2) is 65.5 Å². The van der Waals surface area contributed by atoms with Crippen molar-refractivity contribution < 1.29 is 37.3 Å². The number of nitrogens with zero attached hydrogens (tertiary/aromatic N) is 2. The summed E-state index contributed by atoms with van der Waals surface area (Å²) < 4.78 is 43.5. The molecule has 1 aromatic heterocycles. The molecule has 1 saturated carbocycles. The van der Waals surface area contributed by atoms with E-state index in [1.54, 1.807) is 12.4 Å². The summed E-state index contributed by atoms with van der Waals surface area (Å²) in [6.45, 7) is 3.88. The molecule has 31 heavy (non-hydrogen) atoms. The Hall–Kier alpha value is -2.20. The lowest BCUT2D eigenvalue weighted by Gasteiger charge is -2.29. The molecule has 0 spiro atoms. The largest absolute Gasteiger partial charge is 0.490 e. The number of pyridine rings is 1. The van der Waals surface area contributed by atoms with E-state index in [4.69, 9.17) is 19.4 Å². The van der Waals surface area contributed by atoms with Crippen LogP contribution in [0, 0.1) is 17.8 Å². The van der Waals surface area contributed by atoms with Crippen LogP contribution in [0.2, 0.25) is 0 Å². The molecule has 172 valence electrons. The van der Waals surface area contributed by atoms with E-state index < -0.39 is 12.1 Å². The Morgan fingerprint density at radius 1 is 1.23 bits per heavy atom. The van der Waals surface area contributed by atoms with Gasteiger partial charge in [0.1, 0.15) is 0 Å². The second-order valence-corrected chi connectivity index (χ2v) is 8.17. The highest BCUT2D eigenvalue weighted by molar-refractivity contribution is 5.80. The van der Waals surface area contributed by atoms with Gasteiger partial charge in [-0.2, -0.15) is 13.2 Å². The third-order valence-corrected chi connectivity index (χ3v) is 6.10. The summed E-state index contributed by atoms with van der Waals surface area (Å²) in [7, 11) is 0. The molecule has 3 heterocycles. The van der Waals surface area contributed by atoms with Crippen molar-refractivity contribution in [3.05, 3.63) is 30.1 Å². The highest BCUT2D eigenvalue weighted by atomic mass is 19.4. The van der Waals surface area contributed by atoms with Gasteiger partial charge in [0.05, 0.1) is 19.3 Å². The number of hydrogen-bond donors (Lipinski definition) is 1. The first-order valence-corrected chi connectivity index (χ1v) is 10.4. The Morgan fingerprint density at radius 2 is 1.90 bits per heavy atom. The quantitative estimate of drug-likeness (QED) is 0.679. The van der Waals surface area contributed by atoms with Crippen LogP contribution in [0.1, 0.15) is 31.2 Å². The van der Waals surface area contributed by atoms with Gasteiger partial charge in [0.25, 0.3) is 0 Å². The zero-order valence-corrected chi connectivity index (χ0v) is 17.1. The van der Waals surface area contributed by atoms with Crippen molar-refractivity contribution in [2.75, 3.05) is 26.3 Å². The summed E-state index contributed by atoms with van der Waals surface area (Å²) in [6, 6.07) is 3.96. The number of fused-ring (bicyclic) bond motifs is 1. The van der Waals surface area contributed by atoms with Gasteiger partial charge in [-0.3, -0.25) is 9.78 Å². The van der Waals surface area contributed by atoms with E-state index >= 15 is 0 Å². The predicted molar refractivity (Wildman–Crippen MR) is 103 cm³/mol. The molecule has 7 nitrogen and oxygen atoms in total. The first-order valence-electron chi connectivity index (χ1n) is 10.4. The van der Waals surface area contributed by atoms with Gasteiger partial charge in [-0.15, -0.1) is 0 Å². The summed E-state index contributed by atoms with van der Waals surface area (Å²) in [6.07, 6.45) is 3.14. The Bertz CT molecular complexity index is 742. The Morgan fingerprint density at radius 3 is 2.48 bits per heavy atom. The highest BCUT2D eigenvalue weighted by Crippen LogP contribution is 2.38. The third-order valence-electron chi connectivity index (χ3n) is 6.10. The number of carbonyl (C=O) groups is 2. The number of carboxylic acids is 1. The number of halogens is 3. The third kappa shape index (κ3) is 6.39. The number of rotatable bonds is 6. The van der Waals surface area contributed by atoms with Gasteiger partial charge in [-0.1, -0.05) is 6.42 Å². The molecule has 3 fully saturated rings. The van der Waals surface area contributed by atoms with Crippen molar-refractivity contribution in [3.63, 3.8) is 0 Å². The molecule has 2 saturated heterocycles. The van der Waals surface area contributed by atoms with Crippen molar-refractivity contribution in [1.82, 2.24) is 9.88 Å². The van der Waals surface area contributed by atoms with Crippen molar-refractivity contribution in [1.29, 1.82) is 0 Å². The van der Waals surface area contributed by atoms with E-state index in [2.05, 4.69) is 9.88 Å². The maximum Gasteiger partial charge on any atom is 0.490 e. The lowest BCUT2D eigenvalue weighted by Crippen LogP contribution is -2.38. The number of aliphatic carboxylic acids is 1. The average molecular weight is 444 g/mol. The van der Waals surface area contributed by atoms with Gasteiger partial charge >= 0.3 is 12.1 Å². The fraction of sp³-hybridized carbons (Fsp3) is 0.667. The second kappa shape index (κ2) is 10.4. The summed E-state index contributed by atoms with van der Waals surface area (Å²) in [4.78, 5) is 27.4. The number of amides is 1. The van der Waals surface area contributed by atoms with Crippen LogP contribution in [0.15, 0.2) is 24.5 Å². The summed E-state index contributed by atoms with van der Waals surface area (Å²) in [5, 5.41) is 7.12. The topological polar surface area (TPSA) is 89.0 Å². The monoisotopic (exact) mass is 444 g/mol. The van der Waals surface area contributed by atoms with Crippen LogP contribution in [0.3, 0.4) is 0 Å². The Kier molecular flexibility index (Phi) is 7.88. The molecule has 4 rings (SSSR count). The minimum atomic E-state index is -5.08. The molecule has 1 N–H and O–H groups in total. The van der Waals surface area contributed by atoms with Gasteiger partial charge < -0.3 is 19.5 Å². The number of aromatic nitrogens is 1. The smallest absolute Gasteiger partial charge is 0.475 e. The molecular weight excluding hydrogens is 417 g/mol. The van der Waals surface area contributed by atoms with Crippen LogP contribution >= 0.6 is 0 Å². The normalized spacial score (nSPS) is 25.4. The van der Waals surface area contributed by atoms with Crippen molar-refractivity contribution >= 4 is 11.9 Å². The standard InChI is InChI=1S/C19H26N2O3.C2HF3O2/c22-19(15-2-1-3-15)21-10-17-16(13-24-18(17)11-21)6-9-23-12-14-4-7-20-8-5-14;3-2(4,5)1(6)7/h4-5,7-8,15-18H,1-3,6,9-13H2;(H,6,7)/t16-,17-,18-;/m0./s1. The van der Waals surface area contributed by atoms with Crippen molar-refractivity contribution in [2.45, 2.75) is 44.6 Å². The van der Waals surface area contributed by atoms with Crippen LogP contribution in [0.25, 0.3) is 0 Å². The predicted octanol–water partition coefficient (Wildman–Crippen LogP) is 2.90. The van der Waals surface area contributed by atoms with Gasteiger partial charge in [0, 0.05) is 43.9 Å². The molecule has 1 aliphatic carbocycles. The lowest BCUT2D eigenvalue weighted by atomic mass is 9.84. The fourth-order valence-electron chi connectivity index (χ4n) is 4.09. The number of alkyl halides is 3. The molecule has 1 amide bonds. The summed E-state index contributed by atoms with van der Waals surface area (Å²) in [5.41, 5.74) is 1.16. The maximum absolute atomic E-state index is 12.4. The van der Waals surface area contributed by atoms with E-state index in [0.717, 1.165) is 51.1 Å². The van der Waals surface area contributed by atoms with Crippen LogP contribution < -0.4 is 0 Å². The van der Waals surface area contributed by atoms with E-state index in [9.17, 15) is 18.0 Å². The van der Waals surface area contributed by atoms with E-state index in [1.165, 1.54) is 6.42 Å². The second-order valence-electron chi connectivity index (χ2n) is 8.17. The van der Waals surface area contributed by atoms with Gasteiger partial charge in [-0.05, 0) is 42.9 Å². The number of likely N-dealkylation sites (tertiary alicyclic amines) is 1. The number of carbonyl (C=O) groups excluding carboxylic acids is 1. The molecule has 0 bridgehead atoms. The average Bonchev–Trinajstić information content (AvgIpc) is 3.26. The Balaban J connectivity index is 0.000000339. The summed E-state index contributed by atoms with van der Waals surface area (Å²) in [5.74, 6) is -1.07. The van der Waals surface area contributed by atoms with Crippen molar-refractivity contribution in [2.24, 2.45) is 17.8 Å². The molecule has 3 atom stereocenters. The molecule has 0 aromatic carbocycles. The van der Waals surface area contributed by atoms with Crippen molar-refractivity contribution in [3.8, 4) is 0 Å². The molecule has 3 aliphatic rings. The molecule has 1 aromatic rings. The molecule has 2 aliphatic heterocycles. The van der Waals surface area contributed by atoms with E-state index in [0.29, 0.717) is 30.3 Å². The maximum atomic E-state index is 12.4. The number of carboxylic acid groups (broad SMARTS) is 1. The van der Waals surface area contributed by atoms with E-state index in [1.807, 2.05) is 12.1 Å². The Labute approximate surface area is 178 Å². The van der Waals surface area contributed by atoms with Crippen LogP contribution in [0.5, 0.6) is 0 Å². The first kappa shape index (κ1) is 23.5. The summed E-state index contributed by atoms with van der Waals surface area (Å²) >= 11 is 0. The first-order chi connectivity index (χ1) is 14.8. The van der Waals surface area contributed by atoms with E-state index in [-0.39, 0.29) is 6.10 Å². The SMILES string of the molecule is O=C(C1CCC1)N1C[C@H]2[C@@H](CCOCc3ccncc3)CO[C@H]2C1.O=C(O)C(F)(F)F. The van der Waals surface area contributed by atoms with Crippen LogP contribution in [-0.2, 0) is 25.7 Å².